The molecule has 2 N–H and O–H groups in total. The molecule has 0 heterocycles. The predicted octanol–water partition coefficient (Wildman–Crippen LogP) is 2.17. The summed E-state index contributed by atoms with van der Waals surface area (Å²) < 4.78 is 5.16. The van der Waals surface area contributed by atoms with Crippen LogP contribution in [0.15, 0.2) is 54.6 Å². The first-order valence-corrected chi connectivity index (χ1v) is 6.25. The van der Waals surface area contributed by atoms with Gasteiger partial charge in [0.05, 0.1) is 5.56 Å². The van der Waals surface area contributed by atoms with Crippen molar-refractivity contribution in [1.82, 2.24) is 0 Å². The fourth-order valence-electron chi connectivity index (χ4n) is 1.69. The van der Waals surface area contributed by atoms with Crippen LogP contribution in [-0.2, 0) is 4.79 Å². The van der Waals surface area contributed by atoms with Gasteiger partial charge in [-0.1, -0.05) is 42.5 Å². The number of carbonyl (C=O) groups excluding carboxylic acids is 2. The second-order valence-corrected chi connectivity index (χ2v) is 4.40. The number of carbonyl (C=O) groups is 2. The maximum absolute atomic E-state index is 12.4. The summed E-state index contributed by atoms with van der Waals surface area (Å²) in [4.78, 5) is 24.0. The zero-order valence-electron chi connectivity index (χ0n) is 11.1. The lowest BCUT2D eigenvalue weighted by molar-refractivity contribution is -0.135. The molecular weight excluding hydrogens is 254 g/mol. The summed E-state index contributed by atoms with van der Waals surface area (Å²) in [5.41, 5.74) is 6.34. The summed E-state index contributed by atoms with van der Waals surface area (Å²) in [6.45, 7) is 1.53. The summed E-state index contributed by atoms with van der Waals surface area (Å²) in [5, 5.41) is 0. The standard InChI is InChI=1S/C16H15NO3/c1-11(17)16(19)20-14-10-6-5-9-13(14)15(18)12-7-3-2-4-8-12/h2-11H,17H2,1H3/t11-/m0/s1. The lowest BCUT2D eigenvalue weighted by Crippen LogP contribution is -2.31. The molecule has 0 saturated heterocycles. The van der Waals surface area contributed by atoms with Crippen LogP contribution in [-0.4, -0.2) is 17.8 Å². The van der Waals surface area contributed by atoms with Crippen molar-refractivity contribution >= 4 is 11.8 Å². The molecule has 1 atom stereocenters. The molecule has 2 aromatic carbocycles. The van der Waals surface area contributed by atoms with Crippen LogP contribution < -0.4 is 10.5 Å². The van der Waals surface area contributed by atoms with E-state index in [0.29, 0.717) is 11.1 Å². The Morgan fingerprint density at radius 3 is 2.25 bits per heavy atom. The molecule has 0 aliphatic carbocycles. The van der Waals surface area contributed by atoms with E-state index in [0.717, 1.165) is 0 Å². The molecule has 4 heteroatoms. The normalized spacial score (nSPS) is 11.7. The van der Waals surface area contributed by atoms with Gasteiger partial charge in [-0.05, 0) is 19.1 Å². The van der Waals surface area contributed by atoms with E-state index in [4.69, 9.17) is 10.5 Å². The van der Waals surface area contributed by atoms with Gasteiger partial charge in [-0.15, -0.1) is 0 Å². The van der Waals surface area contributed by atoms with Gasteiger partial charge in [0.15, 0.2) is 5.78 Å². The molecule has 2 aromatic rings. The molecule has 0 radical (unpaired) electrons. The molecule has 0 spiro atoms. The van der Waals surface area contributed by atoms with Crippen molar-refractivity contribution in [1.29, 1.82) is 0 Å². The zero-order chi connectivity index (χ0) is 14.5. The SMILES string of the molecule is C[C@H](N)C(=O)Oc1ccccc1C(=O)c1ccccc1. The number of ether oxygens (including phenoxy) is 1. The van der Waals surface area contributed by atoms with Crippen molar-refractivity contribution in [3.05, 3.63) is 65.7 Å². The summed E-state index contributed by atoms with van der Waals surface area (Å²) >= 11 is 0. The number of para-hydroxylation sites is 1. The highest BCUT2D eigenvalue weighted by Crippen LogP contribution is 2.21. The highest BCUT2D eigenvalue weighted by Gasteiger charge is 2.17. The maximum atomic E-state index is 12.4. The van der Waals surface area contributed by atoms with E-state index < -0.39 is 12.0 Å². The molecule has 20 heavy (non-hydrogen) atoms. The first-order valence-electron chi connectivity index (χ1n) is 6.25. The van der Waals surface area contributed by atoms with Crippen molar-refractivity contribution in [2.45, 2.75) is 13.0 Å². The first kappa shape index (κ1) is 14.0. The van der Waals surface area contributed by atoms with E-state index in [1.165, 1.54) is 6.92 Å². The number of esters is 1. The second-order valence-electron chi connectivity index (χ2n) is 4.40. The smallest absolute Gasteiger partial charge is 0.328 e. The van der Waals surface area contributed by atoms with Gasteiger partial charge in [0.2, 0.25) is 0 Å². The monoisotopic (exact) mass is 269 g/mol. The van der Waals surface area contributed by atoms with Crippen LogP contribution in [0.3, 0.4) is 0 Å². The van der Waals surface area contributed by atoms with Crippen LogP contribution in [0.4, 0.5) is 0 Å². The molecule has 0 aromatic heterocycles. The van der Waals surface area contributed by atoms with Crippen LogP contribution >= 0.6 is 0 Å². The van der Waals surface area contributed by atoms with E-state index >= 15 is 0 Å². The third kappa shape index (κ3) is 3.10. The quantitative estimate of drug-likeness (QED) is 0.524. The average molecular weight is 269 g/mol. The van der Waals surface area contributed by atoms with E-state index in [-0.39, 0.29) is 11.5 Å². The Balaban J connectivity index is 2.33. The van der Waals surface area contributed by atoms with Crippen molar-refractivity contribution in [2.75, 3.05) is 0 Å². The highest BCUT2D eigenvalue weighted by molar-refractivity contribution is 6.11. The first-order chi connectivity index (χ1) is 9.59. The third-order valence-corrected chi connectivity index (χ3v) is 2.75. The minimum atomic E-state index is -0.741. The minimum Gasteiger partial charge on any atom is -0.425 e. The molecule has 0 saturated carbocycles. The molecule has 0 bridgehead atoms. The number of rotatable bonds is 4. The fourth-order valence-corrected chi connectivity index (χ4v) is 1.69. The Hall–Kier alpha value is -2.46. The minimum absolute atomic E-state index is 0.196. The van der Waals surface area contributed by atoms with Crippen molar-refractivity contribution in [3.8, 4) is 5.75 Å². The molecule has 0 unspecified atom stereocenters. The van der Waals surface area contributed by atoms with E-state index in [9.17, 15) is 9.59 Å². The Morgan fingerprint density at radius 2 is 1.60 bits per heavy atom. The molecule has 0 aliphatic rings. The van der Waals surface area contributed by atoms with Gasteiger partial charge in [0.25, 0.3) is 0 Å². The number of nitrogens with two attached hydrogens (primary N) is 1. The molecule has 0 fully saturated rings. The zero-order valence-corrected chi connectivity index (χ0v) is 11.1. The van der Waals surface area contributed by atoms with Gasteiger partial charge in [-0.25, -0.2) is 4.79 Å². The van der Waals surface area contributed by atoms with E-state index in [1.807, 2.05) is 6.07 Å². The summed E-state index contributed by atoms with van der Waals surface area (Å²) in [6, 6.07) is 14.7. The number of ketones is 1. The second kappa shape index (κ2) is 6.12. The van der Waals surface area contributed by atoms with Crippen LogP contribution in [0.2, 0.25) is 0 Å². The fraction of sp³-hybridized carbons (Fsp3) is 0.125. The molecule has 4 nitrogen and oxygen atoms in total. The lowest BCUT2D eigenvalue weighted by atomic mass is 10.0. The van der Waals surface area contributed by atoms with Gasteiger partial charge in [-0.2, -0.15) is 0 Å². The Morgan fingerprint density at radius 1 is 1.00 bits per heavy atom. The molecule has 2 rings (SSSR count). The lowest BCUT2D eigenvalue weighted by Gasteiger charge is -2.10. The van der Waals surface area contributed by atoms with Gasteiger partial charge in [0, 0.05) is 5.56 Å². The van der Waals surface area contributed by atoms with Crippen molar-refractivity contribution in [3.63, 3.8) is 0 Å². The average Bonchev–Trinajstić information content (AvgIpc) is 2.48. The van der Waals surface area contributed by atoms with Crippen molar-refractivity contribution < 1.29 is 14.3 Å². The largest absolute Gasteiger partial charge is 0.425 e. The molecule has 102 valence electrons. The van der Waals surface area contributed by atoms with Gasteiger partial charge >= 0.3 is 5.97 Å². The molecule has 0 amide bonds. The Labute approximate surface area is 117 Å². The number of hydrogen-bond acceptors (Lipinski definition) is 4. The summed E-state index contributed by atoms with van der Waals surface area (Å²) in [5.74, 6) is -0.541. The topological polar surface area (TPSA) is 69.4 Å². The predicted molar refractivity (Wildman–Crippen MR) is 75.6 cm³/mol. The summed E-state index contributed by atoms with van der Waals surface area (Å²) in [7, 11) is 0. The van der Waals surface area contributed by atoms with E-state index in [2.05, 4.69) is 0 Å². The summed E-state index contributed by atoms with van der Waals surface area (Å²) in [6.07, 6.45) is 0. The Bertz CT molecular complexity index is 621. The van der Waals surface area contributed by atoms with Crippen LogP contribution in [0.25, 0.3) is 0 Å². The van der Waals surface area contributed by atoms with Gasteiger partial charge in [0.1, 0.15) is 11.8 Å². The Kier molecular flexibility index (Phi) is 4.27. The van der Waals surface area contributed by atoms with Crippen LogP contribution in [0, 0.1) is 0 Å². The maximum Gasteiger partial charge on any atom is 0.328 e. The number of benzene rings is 2. The molecule has 0 aliphatic heterocycles. The molecular formula is C16H15NO3. The van der Waals surface area contributed by atoms with Crippen LogP contribution in [0.1, 0.15) is 22.8 Å². The van der Waals surface area contributed by atoms with Gasteiger partial charge < -0.3 is 10.5 Å². The highest BCUT2D eigenvalue weighted by atomic mass is 16.5. The van der Waals surface area contributed by atoms with E-state index in [1.54, 1.807) is 48.5 Å². The number of hydrogen-bond donors (Lipinski definition) is 1. The van der Waals surface area contributed by atoms with Crippen molar-refractivity contribution in [2.24, 2.45) is 5.73 Å². The third-order valence-electron chi connectivity index (χ3n) is 2.75. The van der Waals surface area contributed by atoms with Gasteiger partial charge in [-0.3, -0.25) is 4.79 Å². The van der Waals surface area contributed by atoms with Crippen LogP contribution in [0.5, 0.6) is 5.75 Å².